The van der Waals surface area contributed by atoms with Crippen LogP contribution in [0, 0.1) is 11.8 Å². The third kappa shape index (κ3) is 3.42. The molecule has 72 valence electrons. The fraction of sp³-hybridized carbons (Fsp3) is 0.667. The third-order valence-electron chi connectivity index (χ3n) is 2.91. The highest BCUT2D eigenvalue weighted by molar-refractivity contribution is 6.11. The van der Waals surface area contributed by atoms with Gasteiger partial charge in [0.15, 0.2) is 0 Å². The first-order valence-corrected chi connectivity index (χ1v) is 4.99. The Morgan fingerprint density at radius 3 is 2.00 bits per heavy atom. The van der Waals surface area contributed by atoms with E-state index >= 15 is 0 Å². The van der Waals surface area contributed by atoms with Crippen molar-refractivity contribution in [3.05, 3.63) is 23.8 Å². The number of rotatable bonds is 4. The van der Waals surface area contributed by atoms with Crippen LogP contribution in [0.25, 0.3) is 0 Å². The van der Waals surface area contributed by atoms with Gasteiger partial charge in [0, 0.05) is 0 Å². The van der Waals surface area contributed by atoms with Crippen molar-refractivity contribution in [1.82, 2.24) is 0 Å². The van der Waals surface area contributed by atoms with Crippen molar-refractivity contribution in [3.8, 4) is 0 Å². The molecule has 0 aromatic rings. The van der Waals surface area contributed by atoms with Gasteiger partial charge in [-0.1, -0.05) is 44.8 Å². The van der Waals surface area contributed by atoms with Gasteiger partial charge >= 0.3 is 0 Å². The SMILES string of the molecule is [B]C(C)C(C)C(C)/C(=C\C)C(=C)C. The second kappa shape index (κ2) is 5.31. The molecule has 0 saturated carbocycles. The van der Waals surface area contributed by atoms with Crippen molar-refractivity contribution in [1.29, 1.82) is 0 Å². The highest BCUT2D eigenvalue weighted by Crippen LogP contribution is 2.31. The van der Waals surface area contributed by atoms with Gasteiger partial charge in [-0.15, -0.1) is 0 Å². The maximum absolute atomic E-state index is 5.87. The fourth-order valence-electron chi connectivity index (χ4n) is 1.64. The van der Waals surface area contributed by atoms with E-state index in [1.807, 2.05) is 0 Å². The number of allylic oxidation sites excluding steroid dienone is 3. The lowest BCUT2D eigenvalue weighted by atomic mass is 9.70. The predicted molar refractivity (Wildman–Crippen MR) is 62.1 cm³/mol. The summed E-state index contributed by atoms with van der Waals surface area (Å²) in [4.78, 5) is 0. The molecule has 0 fully saturated rings. The summed E-state index contributed by atoms with van der Waals surface area (Å²) in [5, 5.41) is 0. The summed E-state index contributed by atoms with van der Waals surface area (Å²) < 4.78 is 0. The molecule has 0 bridgehead atoms. The molecule has 3 atom stereocenters. The van der Waals surface area contributed by atoms with Gasteiger partial charge in [0.1, 0.15) is 0 Å². The van der Waals surface area contributed by atoms with E-state index < -0.39 is 0 Å². The monoisotopic (exact) mass is 176 g/mol. The normalized spacial score (nSPS) is 19.3. The molecule has 0 saturated heterocycles. The molecule has 0 heterocycles. The van der Waals surface area contributed by atoms with Crippen LogP contribution in [0.4, 0.5) is 0 Å². The van der Waals surface area contributed by atoms with E-state index in [1.165, 1.54) is 5.57 Å². The van der Waals surface area contributed by atoms with Crippen LogP contribution < -0.4 is 0 Å². The summed E-state index contributed by atoms with van der Waals surface area (Å²) in [5.74, 6) is 1.25. The van der Waals surface area contributed by atoms with Gasteiger partial charge in [-0.2, -0.15) is 0 Å². The van der Waals surface area contributed by atoms with Crippen molar-refractivity contribution in [2.75, 3.05) is 0 Å². The molecule has 0 spiro atoms. The van der Waals surface area contributed by atoms with Gasteiger partial charge in [0.25, 0.3) is 0 Å². The Balaban J connectivity index is 4.57. The number of hydrogen-bond acceptors (Lipinski definition) is 0. The largest absolute Gasteiger partial charge is 0.0958 e. The minimum atomic E-state index is 0.240. The lowest BCUT2D eigenvalue weighted by Crippen LogP contribution is -2.15. The van der Waals surface area contributed by atoms with Crippen LogP contribution in [0.3, 0.4) is 0 Å². The van der Waals surface area contributed by atoms with Crippen LogP contribution in [0.15, 0.2) is 23.8 Å². The zero-order valence-corrected chi connectivity index (χ0v) is 9.59. The predicted octanol–water partition coefficient (Wildman–Crippen LogP) is 3.76. The smallest absolute Gasteiger partial charge is 0.0699 e. The second-order valence-electron chi connectivity index (χ2n) is 4.03. The first-order valence-electron chi connectivity index (χ1n) is 4.99. The van der Waals surface area contributed by atoms with E-state index in [-0.39, 0.29) is 5.82 Å². The maximum Gasteiger partial charge on any atom is 0.0699 e. The first-order chi connectivity index (χ1) is 5.91. The van der Waals surface area contributed by atoms with Crippen molar-refractivity contribution >= 4 is 7.85 Å². The second-order valence-corrected chi connectivity index (χ2v) is 4.03. The summed E-state index contributed by atoms with van der Waals surface area (Å²) in [6, 6.07) is 0. The molecule has 1 heteroatoms. The zero-order valence-electron chi connectivity index (χ0n) is 9.59. The van der Waals surface area contributed by atoms with Gasteiger partial charge in [0.2, 0.25) is 0 Å². The summed E-state index contributed by atoms with van der Waals surface area (Å²) >= 11 is 0. The molecule has 0 aliphatic heterocycles. The molecule has 0 amide bonds. The van der Waals surface area contributed by atoms with Gasteiger partial charge in [-0.25, -0.2) is 0 Å². The standard InChI is InChI=1S/C12H21B/c1-7-12(8(2)3)10(5)9(4)11(6)13/h7,9-11H,2H2,1,3-6H3/b12-7-. The molecule has 0 aliphatic rings. The minimum absolute atomic E-state index is 0.240. The van der Waals surface area contributed by atoms with Gasteiger partial charge in [0.05, 0.1) is 7.85 Å². The highest BCUT2D eigenvalue weighted by atomic mass is 14.2. The van der Waals surface area contributed by atoms with Gasteiger partial charge in [-0.3, -0.25) is 0 Å². The lowest BCUT2D eigenvalue weighted by molar-refractivity contribution is 0.430. The highest BCUT2D eigenvalue weighted by Gasteiger charge is 2.18. The summed E-state index contributed by atoms with van der Waals surface area (Å²) in [6.45, 7) is 14.6. The average Bonchev–Trinajstić information content (AvgIpc) is 2.03. The van der Waals surface area contributed by atoms with E-state index in [2.05, 4.69) is 47.3 Å². The molecule has 0 aromatic carbocycles. The molecule has 3 unspecified atom stereocenters. The van der Waals surface area contributed by atoms with Gasteiger partial charge < -0.3 is 0 Å². The lowest BCUT2D eigenvalue weighted by Gasteiger charge is -2.26. The summed E-state index contributed by atoms with van der Waals surface area (Å²) in [6.07, 6.45) is 2.14. The quantitative estimate of drug-likeness (QED) is 0.452. The topological polar surface area (TPSA) is 0 Å². The molecule has 0 aromatic heterocycles. The first kappa shape index (κ1) is 12.5. The third-order valence-corrected chi connectivity index (χ3v) is 2.91. The molecule has 13 heavy (non-hydrogen) atoms. The Labute approximate surface area is 84.5 Å². The van der Waals surface area contributed by atoms with Crippen LogP contribution in [-0.2, 0) is 0 Å². The van der Waals surface area contributed by atoms with E-state index in [0.717, 1.165) is 5.57 Å². The maximum atomic E-state index is 5.87. The van der Waals surface area contributed by atoms with Crippen molar-refractivity contribution in [2.45, 2.75) is 40.4 Å². The minimum Gasteiger partial charge on any atom is -0.0958 e. The molecular weight excluding hydrogens is 155 g/mol. The van der Waals surface area contributed by atoms with Crippen LogP contribution in [-0.4, -0.2) is 7.85 Å². The molecular formula is C12H21B. The summed E-state index contributed by atoms with van der Waals surface area (Å²) in [7, 11) is 5.87. The van der Waals surface area contributed by atoms with Crippen molar-refractivity contribution < 1.29 is 0 Å². The van der Waals surface area contributed by atoms with Crippen molar-refractivity contribution in [3.63, 3.8) is 0 Å². The van der Waals surface area contributed by atoms with E-state index in [4.69, 9.17) is 7.85 Å². The Bertz CT molecular complexity index is 201. The van der Waals surface area contributed by atoms with E-state index in [0.29, 0.717) is 11.8 Å². The van der Waals surface area contributed by atoms with Crippen LogP contribution >= 0.6 is 0 Å². The zero-order chi connectivity index (χ0) is 10.6. The Kier molecular flexibility index (Phi) is 5.13. The van der Waals surface area contributed by atoms with E-state index in [9.17, 15) is 0 Å². The number of hydrogen-bond donors (Lipinski definition) is 0. The van der Waals surface area contributed by atoms with Gasteiger partial charge in [-0.05, 0) is 31.3 Å². The van der Waals surface area contributed by atoms with Crippen LogP contribution in [0.1, 0.15) is 34.6 Å². The Morgan fingerprint density at radius 1 is 1.31 bits per heavy atom. The van der Waals surface area contributed by atoms with Crippen LogP contribution in [0.2, 0.25) is 5.82 Å². The summed E-state index contributed by atoms with van der Waals surface area (Å²) in [5.41, 5.74) is 2.49. The van der Waals surface area contributed by atoms with Crippen molar-refractivity contribution in [2.24, 2.45) is 11.8 Å². The molecule has 0 aliphatic carbocycles. The van der Waals surface area contributed by atoms with E-state index in [1.54, 1.807) is 0 Å². The molecule has 0 rings (SSSR count). The van der Waals surface area contributed by atoms with Crippen LogP contribution in [0.5, 0.6) is 0 Å². The molecule has 2 radical (unpaired) electrons. The Morgan fingerprint density at radius 2 is 1.77 bits per heavy atom. The average molecular weight is 176 g/mol. The Hall–Kier alpha value is -0.455. The molecule has 0 nitrogen and oxygen atoms in total. The fourth-order valence-corrected chi connectivity index (χ4v) is 1.64. The molecule has 0 N–H and O–H groups in total.